The van der Waals surface area contributed by atoms with Crippen LogP contribution in [-0.4, -0.2) is 42.9 Å². The van der Waals surface area contributed by atoms with Crippen LogP contribution in [0, 0.1) is 0 Å². The first-order valence-corrected chi connectivity index (χ1v) is 11.4. The number of piperazine rings is 1. The molecule has 0 aliphatic carbocycles. The van der Waals surface area contributed by atoms with Gasteiger partial charge in [-0.25, -0.2) is 0 Å². The molecule has 3 aromatic rings. The third-order valence-corrected chi connectivity index (χ3v) is 5.81. The Morgan fingerprint density at radius 1 is 1.03 bits per heavy atom. The van der Waals surface area contributed by atoms with Gasteiger partial charge in [0, 0.05) is 49.3 Å². The van der Waals surface area contributed by atoms with E-state index in [1.807, 2.05) is 60.4 Å². The highest BCUT2D eigenvalue weighted by molar-refractivity contribution is 6.31. The summed E-state index contributed by atoms with van der Waals surface area (Å²) >= 11 is 6.20. The van der Waals surface area contributed by atoms with Crippen molar-refractivity contribution in [2.45, 2.75) is 13.3 Å². The Labute approximate surface area is 198 Å². The quantitative estimate of drug-likeness (QED) is 0.503. The number of carbonyl (C=O) groups is 2. The number of hydrogen-bond donors (Lipinski definition) is 1. The average molecular weight is 464 g/mol. The monoisotopic (exact) mass is 463 g/mol. The molecule has 6 nitrogen and oxygen atoms in total. The molecule has 1 N–H and O–H groups in total. The molecule has 0 bridgehead atoms. The second-order valence-corrected chi connectivity index (χ2v) is 8.21. The van der Waals surface area contributed by atoms with E-state index in [4.69, 9.17) is 16.0 Å². The maximum Gasteiger partial charge on any atom is 0.248 e. The van der Waals surface area contributed by atoms with Crippen molar-refractivity contribution in [1.82, 2.24) is 4.90 Å². The van der Waals surface area contributed by atoms with Gasteiger partial charge >= 0.3 is 0 Å². The Bertz CT molecular complexity index is 1150. The lowest BCUT2D eigenvalue weighted by atomic mass is 10.2. The summed E-state index contributed by atoms with van der Waals surface area (Å²) in [5, 5.41) is 3.47. The molecule has 2 aromatic carbocycles. The summed E-state index contributed by atoms with van der Waals surface area (Å²) < 4.78 is 5.82. The minimum absolute atomic E-state index is 0.165. The van der Waals surface area contributed by atoms with Gasteiger partial charge in [-0.2, -0.15) is 0 Å². The fraction of sp³-hybridized carbons (Fsp3) is 0.231. The molecule has 0 spiro atoms. The number of furan rings is 1. The minimum Gasteiger partial charge on any atom is -0.457 e. The van der Waals surface area contributed by atoms with Crippen LogP contribution in [0.2, 0.25) is 5.02 Å². The van der Waals surface area contributed by atoms with Crippen LogP contribution in [-0.2, 0) is 9.59 Å². The number of anilines is 2. The third kappa shape index (κ3) is 5.65. The van der Waals surface area contributed by atoms with Gasteiger partial charge in [-0.05, 0) is 36.4 Å². The predicted molar refractivity (Wildman–Crippen MR) is 132 cm³/mol. The molecule has 1 saturated heterocycles. The van der Waals surface area contributed by atoms with Gasteiger partial charge < -0.3 is 19.5 Å². The standard InChI is InChI=1S/C26H26ClN3O3/c1-2-26(32)30-16-14-29(15-17-30)23-11-8-20(27)18-22(23)28-25(31)13-10-21-9-12-24(33-21)19-6-4-3-5-7-19/h3-13,18H,2,14-17H2,1H3,(H,28,31)/b13-10+. The smallest absolute Gasteiger partial charge is 0.248 e. The normalized spacial score (nSPS) is 14.0. The largest absolute Gasteiger partial charge is 0.457 e. The van der Waals surface area contributed by atoms with Gasteiger partial charge in [0.25, 0.3) is 0 Å². The van der Waals surface area contributed by atoms with E-state index in [-0.39, 0.29) is 11.8 Å². The minimum atomic E-state index is -0.282. The second-order valence-electron chi connectivity index (χ2n) is 7.77. The Kier molecular flexibility index (Phi) is 7.15. The second kappa shape index (κ2) is 10.4. The Hall–Kier alpha value is -3.51. The van der Waals surface area contributed by atoms with Gasteiger partial charge in [0.1, 0.15) is 11.5 Å². The number of benzene rings is 2. The van der Waals surface area contributed by atoms with Gasteiger partial charge in [-0.3, -0.25) is 9.59 Å². The number of amides is 2. The molecular formula is C26H26ClN3O3. The molecule has 1 aliphatic heterocycles. The molecule has 4 rings (SSSR count). The van der Waals surface area contributed by atoms with Crippen molar-refractivity contribution in [1.29, 1.82) is 0 Å². The molecule has 0 unspecified atom stereocenters. The van der Waals surface area contributed by atoms with E-state index < -0.39 is 0 Å². The summed E-state index contributed by atoms with van der Waals surface area (Å²) in [6.07, 6.45) is 3.59. The first-order valence-electron chi connectivity index (χ1n) is 11.0. The highest BCUT2D eigenvalue weighted by Gasteiger charge is 2.22. The van der Waals surface area contributed by atoms with Crippen LogP contribution in [0.5, 0.6) is 0 Å². The van der Waals surface area contributed by atoms with Crippen LogP contribution in [0.3, 0.4) is 0 Å². The topological polar surface area (TPSA) is 65.8 Å². The SMILES string of the molecule is CCC(=O)N1CCN(c2ccc(Cl)cc2NC(=O)/C=C/c2ccc(-c3ccccc3)o2)CC1. The summed E-state index contributed by atoms with van der Waals surface area (Å²) in [7, 11) is 0. The van der Waals surface area contributed by atoms with Gasteiger partial charge in [0.05, 0.1) is 11.4 Å². The maximum atomic E-state index is 12.6. The summed E-state index contributed by atoms with van der Waals surface area (Å²) in [5.41, 5.74) is 2.50. The molecule has 170 valence electrons. The molecule has 33 heavy (non-hydrogen) atoms. The van der Waals surface area contributed by atoms with Gasteiger partial charge in [0.15, 0.2) is 0 Å². The van der Waals surface area contributed by atoms with E-state index in [1.54, 1.807) is 18.2 Å². The third-order valence-electron chi connectivity index (χ3n) is 5.58. The zero-order valence-corrected chi connectivity index (χ0v) is 19.2. The van der Waals surface area contributed by atoms with Crippen LogP contribution in [0.4, 0.5) is 11.4 Å². The molecule has 0 saturated carbocycles. The average Bonchev–Trinajstić information content (AvgIpc) is 3.32. The highest BCUT2D eigenvalue weighted by atomic mass is 35.5. The van der Waals surface area contributed by atoms with Crippen molar-refractivity contribution >= 4 is 40.9 Å². The molecule has 0 radical (unpaired) electrons. The number of nitrogens with one attached hydrogen (secondary N) is 1. The number of hydrogen-bond acceptors (Lipinski definition) is 4. The molecule has 1 fully saturated rings. The summed E-state index contributed by atoms with van der Waals surface area (Å²) in [6, 6.07) is 18.9. The number of carbonyl (C=O) groups excluding carboxylic acids is 2. The predicted octanol–water partition coefficient (Wildman–Crippen LogP) is 5.31. The lowest BCUT2D eigenvalue weighted by Crippen LogP contribution is -2.48. The Balaban J connectivity index is 1.43. The Morgan fingerprint density at radius 2 is 1.79 bits per heavy atom. The molecule has 1 aliphatic rings. The molecule has 2 amide bonds. The van der Waals surface area contributed by atoms with Crippen LogP contribution in [0.25, 0.3) is 17.4 Å². The first-order chi connectivity index (χ1) is 16.0. The van der Waals surface area contributed by atoms with Gasteiger partial charge in [-0.15, -0.1) is 0 Å². The highest BCUT2D eigenvalue weighted by Crippen LogP contribution is 2.30. The summed E-state index contributed by atoms with van der Waals surface area (Å²) in [5.74, 6) is 1.22. The van der Waals surface area contributed by atoms with E-state index in [9.17, 15) is 9.59 Å². The van der Waals surface area contributed by atoms with Crippen LogP contribution >= 0.6 is 11.6 Å². The van der Waals surface area contributed by atoms with Crippen molar-refractivity contribution in [3.8, 4) is 11.3 Å². The van der Waals surface area contributed by atoms with Crippen LogP contribution in [0.15, 0.2) is 71.2 Å². The van der Waals surface area contributed by atoms with Gasteiger partial charge in [-0.1, -0.05) is 48.9 Å². The fourth-order valence-electron chi connectivity index (χ4n) is 3.84. The van der Waals surface area contributed by atoms with Crippen molar-refractivity contribution in [3.63, 3.8) is 0 Å². The number of rotatable bonds is 6. The van der Waals surface area contributed by atoms with Crippen molar-refractivity contribution in [3.05, 3.63) is 77.5 Å². The fourth-order valence-corrected chi connectivity index (χ4v) is 4.01. The molecule has 2 heterocycles. The zero-order valence-electron chi connectivity index (χ0n) is 18.5. The van der Waals surface area contributed by atoms with E-state index in [0.29, 0.717) is 49.1 Å². The Morgan fingerprint density at radius 3 is 2.52 bits per heavy atom. The molecule has 7 heteroatoms. The van der Waals surface area contributed by atoms with E-state index in [1.165, 1.54) is 6.08 Å². The number of nitrogens with zero attached hydrogens (tertiary/aromatic N) is 2. The molecule has 0 atom stereocenters. The maximum absolute atomic E-state index is 12.6. The van der Waals surface area contributed by atoms with E-state index in [2.05, 4.69) is 10.2 Å². The molecule has 1 aromatic heterocycles. The zero-order chi connectivity index (χ0) is 23.2. The lowest BCUT2D eigenvalue weighted by Gasteiger charge is -2.37. The van der Waals surface area contributed by atoms with E-state index in [0.717, 1.165) is 17.0 Å². The van der Waals surface area contributed by atoms with Crippen LogP contribution < -0.4 is 10.2 Å². The van der Waals surface area contributed by atoms with E-state index >= 15 is 0 Å². The molecular weight excluding hydrogens is 438 g/mol. The summed E-state index contributed by atoms with van der Waals surface area (Å²) in [4.78, 5) is 28.6. The van der Waals surface area contributed by atoms with Crippen molar-refractivity contribution in [2.75, 3.05) is 36.4 Å². The number of halogens is 1. The summed E-state index contributed by atoms with van der Waals surface area (Å²) in [6.45, 7) is 4.58. The van der Waals surface area contributed by atoms with Gasteiger partial charge in [0.2, 0.25) is 11.8 Å². The van der Waals surface area contributed by atoms with Crippen molar-refractivity contribution < 1.29 is 14.0 Å². The first kappa shape index (κ1) is 22.7. The van der Waals surface area contributed by atoms with Crippen molar-refractivity contribution in [2.24, 2.45) is 0 Å². The van der Waals surface area contributed by atoms with Crippen LogP contribution in [0.1, 0.15) is 19.1 Å². The lowest BCUT2D eigenvalue weighted by molar-refractivity contribution is -0.131.